The maximum atomic E-state index is 10.6. The van der Waals surface area contributed by atoms with Crippen LogP contribution in [0.25, 0.3) is 10.4 Å². The quantitative estimate of drug-likeness (QED) is 0.267. The topological polar surface area (TPSA) is 124 Å². The van der Waals surface area contributed by atoms with Gasteiger partial charge in [-0.3, -0.25) is 4.79 Å². The van der Waals surface area contributed by atoms with Gasteiger partial charge in [-0.2, -0.15) is 0 Å². The molecule has 0 saturated heterocycles. The van der Waals surface area contributed by atoms with Gasteiger partial charge in [0.15, 0.2) is 6.04 Å². The number of carboxylic acids is 1. The number of ether oxygens (including phenoxy) is 1. The molecule has 84 valence electrons. The zero-order valence-corrected chi connectivity index (χ0v) is 8.21. The van der Waals surface area contributed by atoms with E-state index >= 15 is 0 Å². The number of hydrogen-bond donors (Lipinski definition) is 2. The van der Waals surface area contributed by atoms with Crippen LogP contribution in [0, 0.1) is 0 Å². The van der Waals surface area contributed by atoms with Gasteiger partial charge in [0, 0.05) is 18.4 Å². The molecule has 8 heteroatoms. The summed E-state index contributed by atoms with van der Waals surface area (Å²) in [4.78, 5) is 23.7. The number of rotatable bonds is 7. The van der Waals surface area contributed by atoms with E-state index in [1.54, 1.807) is 0 Å². The molecule has 0 saturated carbocycles. The Hall–Kier alpha value is -1.79. The highest BCUT2D eigenvalue weighted by Crippen LogP contribution is 1.88. The smallest absolute Gasteiger partial charge is 0.328 e. The van der Waals surface area contributed by atoms with Crippen molar-refractivity contribution in [3.05, 3.63) is 10.4 Å². The average Bonchev–Trinajstić information content (AvgIpc) is 2.15. The Labute approximate surface area is 85.8 Å². The van der Waals surface area contributed by atoms with E-state index < -0.39 is 17.9 Å². The number of nitrogens with zero attached hydrogens (tertiary/aromatic N) is 3. The van der Waals surface area contributed by atoms with Crippen molar-refractivity contribution < 1.29 is 19.4 Å². The van der Waals surface area contributed by atoms with Gasteiger partial charge >= 0.3 is 5.97 Å². The lowest BCUT2D eigenvalue weighted by Gasteiger charge is -2.12. The second kappa shape index (κ2) is 7.60. The van der Waals surface area contributed by atoms with Gasteiger partial charge in [0.05, 0.1) is 13.2 Å². The van der Waals surface area contributed by atoms with Gasteiger partial charge in [-0.05, 0) is 5.53 Å². The monoisotopic (exact) mass is 216 g/mol. The molecule has 0 radical (unpaired) electrons. The van der Waals surface area contributed by atoms with Gasteiger partial charge < -0.3 is 15.2 Å². The third kappa shape index (κ3) is 7.29. The maximum absolute atomic E-state index is 10.6. The van der Waals surface area contributed by atoms with Gasteiger partial charge in [0.1, 0.15) is 0 Å². The van der Waals surface area contributed by atoms with Crippen molar-refractivity contribution in [2.24, 2.45) is 5.11 Å². The number of azide groups is 1. The molecule has 0 aromatic heterocycles. The zero-order valence-electron chi connectivity index (χ0n) is 8.21. The fourth-order valence-electron chi connectivity index (χ4n) is 0.771. The molecule has 0 rings (SSSR count). The molecule has 0 heterocycles. The van der Waals surface area contributed by atoms with Crippen molar-refractivity contribution in [2.75, 3.05) is 19.8 Å². The molecule has 8 nitrogen and oxygen atoms in total. The summed E-state index contributed by atoms with van der Waals surface area (Å²) in [6.07, 6.45) is 0. The summed E-state index contributed by atoms with van der Waals surface area (Å²) in [7, 11) is 0. The van der Waals surface area contributed by atoms with Gasteiger partial charge in [-0.25, -0.2) is 4.79 Å². The van der Waals surface area contributed by atoms with Crippen LogP contribution >= 0.6 is 0 Å². The number of carbonyl (C=O) groups excluding carboxylic acids is 1. The summed E-state index contributed by atoms with van der Waals surface area (Å²) in [5, 5.41) is 14.0. The Kier molecular flexibility index (Phi) is 6.69. The highest BCUT2D eigenvalue weighted by molar-refractivity contribution is 5.82. The van der Waals surface area contributed by atoms with Crippen LogP contribution in [0.1, 0.15) is 6.92 Å². The average molecular weight is 216 g/mol. The number of amides is 1. The highest BCUT2D eigenvalue weighted by Gasteiger charge is 2.17. The molecule has 0 unspecified atom stereocenters. The number of aliphatic carboxylic acids is 1. The molecule has 0 aromatic rings. The molecule has 2 N–H and O–H groups in total. The minimum absolute atomic E-state index is 0.118. The zero-order chi connectivity index (χ0) is 11.7. The standard InChI is InChI=1S/C7H12N4O4/c1-5(12)10-6(7(13)14)4-15-3-2-9-11-8/h6H,2-4H2,1H3,(H,10,12)(H,13,14)/t6-/m0/s1. The van der Waals surface area contributed by atoms with E-state index in [2.05, 4.69) is 15.3 Å². The molecule has 15 heavy (non-hydrogen) atoms. The molecule has 0 aromatic carbocycles. The predicted molar refractivity (Wildman–Crippen MR) is 50.1 cm³/mol. The van der Waals surface area contributed by atoms with E-state index in [1.807, 2.05) is 0 Å². The molecule has 0 fully saturated rings. The van der Waals surface area contributed by atoms with Crippen LogP contribution < -0.4 is 5.32 Å². The van der Waals surface area contributed by atoms with Crippen molar-refractivity contribution >= 4 is 11.9 Å². The van der Waals surface area contributed by atoms with Gasteiger partial charge in [0.2, 0.25) is 5.91 Å². The SMILES string of the molecule is CC(=O)N[C@@H](COCCN=[N+]=[N-])C(=O)O. The Morgan fingerprint density at radius 1 is 1.67 bits per heavy atom. The lowest BCUT2D eigenvalue weighted by molar-refractivity contribution is -0.143. The lowest BCUT2D eigenvalue weighted by Crippen LogP contribution is -2.43. The summed E-state index contributed by atoms with van der Waals surface area (Å²) in [6, 6.07) is -1.08. The second-order valence-corrected chi connectivity index (χ2v) is 2.62. The van der Waals surface area contributed by atoms with Crippen LogP contribution in [0.5, 0.6) is 0 Å². The van der Waals surface area contributed by atoms with E-state index in [1.165, 1.54) is 6.92 Å². The van der Waals surface area contributed by atoms with Crippen LogP contribution in [0.4, 0.5) is 0 Å². The summed E-state index contributed by atoms with van der Waals surface area (Å²) < 4.78 is 4.90. The number of carbonyl (C=O) groups is 2. The molecule has 1 amide bonds. The third-order valence-corrected chi connectivity index (χ3v) is 1.36. The Morgan fingerprint density at radius 3 is 2.80 bits per heavy atom. The molecule has 0 bridgehead atoms. The van der Waals surface area contributed by atoms with E-state index in [-0.39, 0.29) is 19.8 Å². The van der Waals surface area contributed by atoms with Crippen molar-refractivity contribution in [1.29, 1.82) is 0 Å². The molecule has 0 spiro atoms. The van der Waals surface area contributed by atoms with E-state index in [0.29, 0.717) is 0 Å². The Bertz CT molecular complexity index is 274. The first-order chi connectivity index (χ1) is 7.07. The van der Waals surface area contributed by atoms with Crippen LogP contribution in [0.15, 0.2) is 5.11 Å². The fourth-order valence-corrected chi connectivity index (χ4v) is 0.771. The molecule has 0 aliphatic rings. The van der Waals surface area contributed by atoms with Gasteiger partial charge in [-0.1, -0.05) is 5.11 Å². The molecular formula is C7H12N4O4. The molecule has 0 aliphatic heterocycles. The minimum Gasteiger partial charge on any atom is -0.480 e. The predicted octanol–water partition coefficient (Wildman–Crippen LogP) is -0.0974. The largest absolute Gasteiger partial charge is 0.480 e. The van der Waals surface area contributed by atoms with Crippen LogP contribution in [-0.4, -0.2) is 42.8 Å². The van der Waals surface area contributed by atoms with Crippen LogP contribution in [-0.2, 0) is 14.3 Å². The summed E-state index contributed by atoms with van der Waals surface area (Å²) in [5.74, 6) is -1.62. The normalized spacial score (nSPS) is 11.3. The highest BCUT2D eigenvalue weighted by atomic mass is 16.5. The van der Waals surface area contributed by atoms with Crippen LogP contribution in [0.2, 0.25) is 0 Å². The van der Waals surface area contributed by atoms with E-state index in [4.69, 9.17) is 15.4 Å². The van der Waals surface area contributed by atoms with Crippen molar-refractivity contribution in [3.8, 4) is 0 Å². The summed E-state index contributed by atoms with van der Waals surface area (Å²) in [6.45, 7) is 1.31. The first-order valence-corrected chi connectivity index (χ1v) is 4.16. The van der Waals surface area contributed by atoms with Crippen molar-refractivity contribution in [1.82, 2.24) is 5.32 Å². The van der Waals surface area contributed by atoms with Crippen molar-refractivity contribution in [3.63, 3.8) is 0 Å². The number of carboxylic acid groups (broad SMARTS) is 1. The molecular weight excluding hydrogens is 204 g/mol. The fraction of sp³-hybridized carbons (Fsp3) is 0.714. The number of hydrogen-bond acceptors (Lipinski definition) is 4. The molecule has 1 atom stereocenters. The minimum atomic E-state index is -1.17. The first kappa shape index (κ1) is 13.2. The summed E-state index contributed by atoms with van der Waals surface area (Å²) >= 11 is 0. The Morgan fingerprint density at radius 2 is 2.33 bits per heavy atom. The molecule has 0 aliphatic carbocycles. The summed E-state index contributed by atoms with van der Waals surface area (Å²) in [5.41, 5.74) is 7.93. The van der Waals surface area contributed by atoms with Crippen molar-refractivity contribution in [2.45, 2.75) is 13.0 Å². The lowest BCUT2D eigenvalue weighted by atomic mass is 10.3. The van der Waals surface area contributed by atoms with Crippen LogP contribution in [0.3, 0.4) is 0 Å². The van der Waals surface area contributed by atoms with E-state index in [0.717, 1.165) is 0 Å². The van der Waals surface area contributed by atoms with E-state index in [9.17, 15) is 9.59 Å². The van der Waals surface area contributed by atoms with Gasteiger partial charge in [0.25, 0.3) is 0 Å². The van der Waals surface area contributed by atoms with Gasteiger partial charge in [-0.15, -0.1) is 0 Å². The third-order valence-electron chi connectivity index (χ3n) is 1.36. The Balaban J connectivity index is 3.81. The first-order valence-electron chi connectivity index (χ1n) is 4.16. The maximum Gasteiger partial charge on any atom is 0.328 e. The second-order valence-electron chi connectivity index (χ2n) is 2.62. The number of nitrogens with one attached hydrogen (secondary N) is 1.